The third-order valence-electron chi connectivity index (χ3n) is 0.837. The fourth-order valence-corrected chi connectivity index (χ4v) is 0. The van der Waals surface area contributed by atoms with Crippen LogP contribution in [0.3, 0.4) is 0 Å². The summed E-state index contributed by atoms with van der Waals surface area (Å²) in [5.41, 5.74) is -0.0955. The lowest BCUT2D eigenvalue weighted by molar-refractivity contribution is 0.280. The van der Waals surface area contributed by atoms with E-state index in [9.17, 15) is 0 Å². The fraction of sp³-hybridized carbons (Fsp3) is 0.667. The largest absolute Gasteiger partial charge is 0.512 e. The highest BCUT2D eigenvalue weighted by atomic mass is 16.3. The van der Waals surface area contributed by atoms with E-state index in [4.69, 9.17) is 1.43 Å². The van der Waals surface area contributed by atoms with Crippen LogP contribution in [0.5, 0.6) is 0 Å². The molecule has 0 aliphatic carbocycles. The van der Waals surface area contributed by atoms with E-state index in [1.807, 2.05) is 20.8 Å². The van der Waals surface area contributed by atoms with Gasteiger partial charge in [-0.15, -0.1) is 0 Å². The minimum Gasteiger partial charge on any atom is -0.512 e. The molecule has 0 aliphatic rings. The lowest BCUT2D eigenvalue weighted by atomic mass is 9.95. The lowest BCUT2D eigenvalue weighted by Crippen LogP contribution is -2.06. The molecule has 7 heavy (non-hydrogen) atoms. The van der Waals surface area contributed by atoms with Crippen LogP contribution >= 0.6 is 0 Å². The summed E-state index contributed by atoms with van der Waals surface area (Å²) in [6.07, 6.45) is 0. The monoisotopic (exact) mass is 101 g/mol. The molecule has 0 atom stereocenters. The van der Waals surface area contributed by atoms with Gasteiger partial charge in [-0.05, 0) is 0 Å². The van der Waals surface area contributed by atoms with E-state index in [0.29, 0.717) is 5.76 Å². The summed E-state index contributed by atoms with van der Waals surface area (Å²) in [6.45, 7) is 9.38. The van der Waals surface area contributed by atoms with Crippen LogP contribution in [0.4, 0.5) is 0 Å². The zero-order chi connectivity index (χ0) is 6.78. The number of hydrogen-bond donors (Lipinski definition) is 1. The summed E-state index contributed by atoms with van der Waals surface area (Å²) in [6, 6.07) is 0. The van der Waals surface area contributed by atoms with Gasteiger partial charge in [-0.25, -0.2) is 0 Å². The second-order valence-corrected chi connectivity index (χ2v) is 2.67. The quantitative estimate of drug-likeness (QED) is 0.501. The maximum absolute atomic E-state index is 6.46. The molecule has 0 amide bonds. The van der Waals surface area contributed by atoms with Crippen molar-refractivity contribution in [3.8, 4) is 0 Å². The van der Waals surface area contributed by atoms with E-state index in [-0.39, 0.29) is 5.41 Å². The Morgan fingerprint density at radius 2 is 2.14 bits per heavy atom. The van der Waals surface area contributed by atoms with Crippen molar-refractivity contribution in [2.24, 2.45) is 5.41 Å². The smallest absolute Gasteiger partial charge is 0.293 e. The molecule has 0 bridgehead atoms. The van der Waals surface area contributed by atoms with E-state index in [1.165, 1.54) is 0 Å². The number of aliphatic hydroxyl groups excluding tert-OH is 1. The second kappa shape index (κ2) is 1.57. The summed E-state index contributed by atoms with van der Waals surface area (Å²) >= 11 is 0. The molecule has 0 radical (unpaired) electrons. The molecule has 1 heteroatoms. The van der Waals surface area contributed by atoms with Gasteiger partial charge in [0.05, 0.1) is 5.76 Å². The first-order valence-electron chi connectivity index (χ1n) is 2.72. The highest BCUT2D eigenvalue weighted by molar-refractivity contribution is 4.92. The molecule has 0 heterocycles. The van der Waals surface area contributed by atoms with Crippen LogP contribution in [0.15, 0.2) is 12.3 Å². The molecule has 0 aliphatic heterocycles. The molecule has 1 N–H and O–H groups in total. The molecule has 0 unspecified atom stereocenters. The van der Waals surface area contributed by atoms with Crippen LogP contribution in [-0.2, 0) is 0 Å². The van der Waals surface area contributed by atoms with Crippen molar-refractivity contribution in [3.63, 3.8) is 0 Å². The summed E-state index contributed by atoms with van der Waals surface area (Å²) in [4.78, 5) is 0. The van der Waals surface area contributed by atoms with E-state index in [0.717, 1.165) is 0 Å². The van der Waals surface area contributed by atoms with Crippen LogP contribution in [0.2, 0.25) is 0 Å². The second-order valence-electron chi connectivity index (χ2n) is 2.67. The highest BCUT2D eigenvalue weighted by Crippen LogP contribution is 2.19. The van der Waals surface area contributed by atoms with Crippen molar-refractivity contribution in [2.45, 2.75) is 20.8 Å². The van der Waals surface area contributed by atoms with Gasteiger partial charge in [-0.2, -0.15) is 0 Å². The summed E-state index contributed by atoms with van der Waals surface area (Å²) in [7, 11) is 0. The minimum atomic E-state index is -0.0955. The van der Waals surface area contributed by atoms with Gasteiger partial charge in [-0.1, -0.05) is 27.4 Å². The molecular formula is C6H12O. The van der Waals surface area contributed by atoms with Gasteiger partial charge in [-0.3, -0.25) is 0 Å². The Hall–Kier alpha value is -0.460. The van der Waals surface area contributed by atoms with Crippen LogP contribution in [0.25, 0.3) is 1.43 Å². The van der Waals surface area contributed by atoms with Crippen molar-refractivity contribution < 1.29 is 5.11 Å². The van der Waals surface area contributed by atoms with Gasteiger partial charge >= 0.3 is 0 Å². The Balaban J connectivity index is 3.82. The third-order valence-corrected chi connectivity index (χ3v) is 0.837. The number of allylic oxidation sites excluding steroid dienone is 1. The average molecular weight is 101 g/mol. The van der Waals surface area contributed by atoms with E-state index >= 15 is 0 Å². The molecule has 0 saturated carbocycles. The minimum absolute atomic E-state index is 0.0955. The maximum Gasteiger partial charge on any atom is 0.293 e. The van der Waals surface area contributed by atoms with Crippen LogP contribution in [0, 0.1) is 5.41 Å². The molecule has 0 aromatic rings. The molecule has 0 rings (SSSR count). The number of aliphatic hydroxyl groups is 1. The Labute approximate surface area is 46.2 Å². The number of hydrogen-bond acceptors (Lipinski definition) is 1. The van der Waals surface area contributed by atoms with Gasteiger partial charge in [0.2, 0.25) is 0 Å². The predicted molar refractivity (Wildman–Crippen MR) is 31.2 cm³/mol. The first kappa shape index (κ1) is 4.69. The highest BCUT2D eigenvalue weighted by Gasteiger charge is 2.12. The zero-order valence-electron chi connectivity index (χ0n) is 6.12. The Morgan fingerprint density at radius 1 is 1.71 bits per heavy atom. The Bertz CT molecular complexity index is 91.2. The number of rotatable bonds is 1. The molecule has 0 fully saturated rings. The van der Waals surface area contributed by atoms with Crippen molar-refractivity contribution in [1.29, 1.82) is 1.43 Å². The standard InChI is InChI=1S/C6H12O/c1-5(7)6(2,3)4/h7H,1H2,2-4H3/i/hD. The molecule has 0 spiro atoms. The molecular weight excluding hydrogens is 88.1 g/mol. The summed E-state index contributed by atoms with van der Waals surface area (Å²) in [5.74, 6) is 0.498. The topological polar surface area (TPSA) is 20.2 Å². The Kier molecular flexibility index (Phi) is 1.05. The Morgan fingerprint density at radius 3 is 2.14 bits per heavy atom. The molecule has 1 nitrogen and oxygen atoms in total. The van der Waals surface area contributed by atoms with Crippen molar-refractivity contribution in [2.75, 3.05) is 0 Å². The van der Waals surface area contributed by atoms with Crippen LogP contribution in [0.1, 0.15) is 20.8 Å². The van der Waals surface area contributed by atoms with Crippen molar-refractivity contribution >= 4 is 0 Å². The van der Waals surface area contributed by atoms with Crippen LogP contribution in [-0.4, -0.2) is 5.11 Å². The van der Waals surface area contributed by atoms with Gasteiger partial charge < -0.3 is 5.11 Å². The first-order chi connectivity index (χ1) is 3.48. The zero-order valence-corrected chi connectivity index (χ0v) is 5.12. The molecule has 0 aromatic carbocycles. The average Bonchev–Trinajstić information content (AvgIpc) is 1.62. The predicted octanol–water partition coefficient (Wildman–Crippen LogP) is 2.10. The summed E-state index contributed by atoms with van der Waals surface area (Å²) in [5, 5.41) is 4.17. The third kappa shape index (κ3) is 2.26. The van der Waals surface area contributed by atoms with Gasteiger partial charge in [0.15, 0.2) is 0 Å². The van der Waals surface area contributed by atoms with Gasteiger partial charge in [0.1, 0.15) is 0 Å². The summed E-state index contributed by atoms with van der Waals surface area (Å²) < 4.78 is 6.46. The fourth-order valence-electron chi connectivity index (χ4n) is 0. The van der Waals surface area contributed by atoms with Crippen molar-refractivity contribution in [1.82, 2.24) is 0 Å². The van der Waals surface area contributed by atoms with E-state index in [1.54, 1.807) is 0 Å². The SMILES string of the molecule is [2H]OC(=C)C(C)(C)C. The maximum atomic E-state index is 6.46. The normalized spacial score (nSPS) is 12.7. The van der Waals surface area contributed by atoms with Gasteiger partial charge in [0, 0.05) is 5.41 Å². The van der Waals surface area contributed by atoms with Crippen molar-refractivity contribution in [3.05, 3.63) is 12.3 Å². The first-order valence-corrected chi connectivity index (χ1v) is 2.31. The molecule has 42 valence electrons. The molecule has 0 saturated heterocycles. The van der Waals surface area contributed by atoms with E-state index in [2.05, 4.69) is 11.7 Å². The van der Waals surface area contributed by atoms with Gasteiger partial charge in [0.25, 0.3) is 1.43 Å². The lowest BCUT2D eigenvalue weighted by Gasteiger charge is -2.14. The van der Waals surface area contributed by atoms with Crippen LogP contribution < -0.4 is 0 Å². The van der Waals surface area contributed by atoms with E-state index < -0.39 is 0 Å². The molecule has 0 aromatic heterocycles.